The largest absolute Gasteiger partial charge is 0.426 e. The fourth-order valence-electron chi connectivity index (χ4n) is 3.14. The number of aromatic nitrogens is 3. The molecular weight excluding hydrogens is 340 g/mol. The van der Waals surface area contributed by atoms with Gasteiger partial charge >= 0.3 is 6.01 Å². The molecule has 140 valence electrons. The van der Waals surface area contributed by atoms with Crippen LogP contribution in [0.3, 0.4) is 0 Å². The van der Waals surface area contributed by atoms with Gasteiger partial charge < -0.3 is 14.6 Å². The van der Waals surface area contributed by atoms with Crippen molar-refractivity contribution in [3.05, 3.63) is 42.0 Å². The van der Waals surface area contributed by atoms with Crippen molar-refractivity contribution in [1.82, 2.24) is 15.0 Å². The number of aromatic amines is 1. The SMILES string of the molecule is CCCN(CC1CC1)c1ccc2[nH]c(Oc3ccc(C(C)=O)cc3)nc2n1. The normalized spacial score (nSPS) is 13.7. The zero-order chi connectivity index (χ0) is 18.8. The summed E-state index contributed by atoms with van der Waals surface area (Å²) in [5, 5.41) is 0. The highest BCUT2D eigenvalue weighted by Crippen LogP contribution is 2.31. The zero-order valence-corrected chi connectivity index (χ0v) is 15.7. The molecule has 4 rings (SSSR count). The van der Waals surface area contributed by atoms with Gasteiger partial charge in [-0.15, -0.1) is 0 Å². The average Bonchev–Trinajstić information content (AvgIpc) is 3.39. The van der Waals surface area contributed by atoms with E-state index >= 15 is 0 Å². The Morgan fingerprint density at radius 2 is 1.96 bits per heavy atom. The Morgan fingerprint density at radius 3 is 2.63 bits per heavy atom. The number of hydrogen-bond acceptors (Lipinski definition) is 5. The van der Waals surface area contributed by atoms with Crippen LogP contribution in [0.1, 0.15) is 43.5 Å². The molecule has 27 heavy (non-hydrogen) atoms. The monoisotopic (exact) mass is 364 g/mol. The summed E-state index contributed by atoms with van der Waals surface area (Å²) in [4.78, 5) is 26.1. The summed E-state index contributed by atoms with van der Waals surface area (Å²) in [5.74, 6) is 2.44. The van der Waals surface area contributed by atoms with E-state index in [-0.39, 0.29) is 5.78 Å². The molecule has 1 saturated carbocycles. The number of nitrogens with one attached hydrogen (secondary N) is 1. The standard InChI is InChI=1S/C21H24N4O2/c1-3-12-25(13-15-4-5-15)19-11-10-18-20(23-19)24-21(22-18)27-17-8-6-16(7-9-17)14(2)26/h6-11,15H,3-5,12-13H2,1-2H3,(H,22,23,24). The third-order valence-electron chi connectivity index (χ3n) is 4.78. The first-order valence-electron chi connectivity index (χ1n) is 9.53. The lowest BCUT2D eigenvalue weighted by Gasteiger charge is -2.22. The van der Waals surface area contributed by atoms with E-state index in [0.29, 0.717) is 23.0 Å². The fourth-order valence-corrected chi connectivity index (χ4v) is 3.14. The number of ether oxygens (including phenoxy) is 1. The molecule has 1 aromatic carbocycles. The molecule has 0 atom stereocenters. The summed E-state index contributed by atoms with van der Waals surface area (Å²) >= 11 is 0. The molecule has 0 amide bonds. The van der Waals surface area contributed by atoms with Crippen molar-refractivity contribution in [2.24, 2.45) is 5.92 Å². The van der Waals surface area contributed by atoms with Crippen LogP contribution >= 0.6 is 0 Å². The average molecular weight is 364 g/mol. The Labute approximate surface area is 158 Å². The highest BCUT2D eigenvalue weighted by molar-refractivity contribution is 5.94. The van der Waals surface area contributed by atoms with Gasteiger partial charge in [0.05, 0.1) is 5.52 Å². The topological polar surface area (TPSA) is 71.1 Å². The summed E-state index contributed by atoms with van der Waals surface area (Å²) in [5.41, 5.74) is 2.15. The number of nitrogens with zero attached hydrogens (tertiary/aromatic N) is 3. The number of carbonyl (C=O) groups is 1. The van der Waals surface area contributed by atoms with Gasteiger partial charge in [0, 0.05) is 18.7 Å². The molecule has 0 saturated heterocycles. The number of rotatable bonds is 8. The lowest BCUT2D eigenvalue weighted by atomic mass is 10.1. The number of Topliss-reactive ketones (excluding diaryl/α,β-unsaturated/α-hetero) is 1. The van der Waals surface area contributed by atoms with E-state index < -0.39 is 0 Å². The lowest BCUT2D eigenvalue weighted by Crippen LogP contribution is -2.27. The van der Waals surface area contributed by atoms with Gasteiger partial charge in [0.1, 0.15) is 11.6 Å². The molecule has 1 aliphatic carbocycles. The van der Waals surface area contributed by atoms with E-state index in [9.17, 15) is 4.79 Å². The van der Waals surface area contributed by atoms with Crippen LogP contribution in [-0.4, -0.2) is 33.8 Å². The summed E-state index contributed by atoms with van der Waals surface area (Å²) in [6, 6.07) is 11.5. The number of ketones is 1. The summed E-state index contributed by atoms with van der Waals surface area (Å²) in [6.07, 6.45) is 3.74. The van der Waals surface area contributed by atoms with Crippen molar-refractivity contribution in [2.45, 2.75) is 33.1 Å². The third kappa shape index (κ3) is 4.10. The summed E-state index contributed by atoms with van der Waals surface area (Å²) in [6.45, 7) is 5.81. The third-order valence-corrected chi connectivity index (χ3v) is 4.78. The second kappa shape index (κ2) is 7.39. The molecule has 1 aliphatic rings. The van der Waals surface area contributed by atoms with Crippen LogP contribution in [0, 0.1) is 5.92 Å². The predicted molar refractivity (Wildman–Crippen MR) is 106 cm³/mol. The highest BCUT2D eigenvalue weighted by Gasteiger charge is 2.25. The Balaban J connectivity index is 1.53. The van der Waals surface area contributed by atoms with Gasteiger partial charge in [-0.3, -0.25) is 4.79 Å². The van der Waals surface area contributed by atoms with E-state index in [4.69, 9.17) is 9.72 Å². The number of carbonyl (C=O) groups excluding carboxylic acids is 1. The maximum Gasteiger partial charge on any atom is 0.301 e. The van der Waals surface area contributed by atoms with E-state index in [0.717, 1.165) is 36.8 Å². The molecule has 6 nitrogen and oxygen atoms in total. The van der Waals surface area contributed by atoms with Gasteiger partial charge in [-0.25, -0.2) is 4.98 Å². The van der Waals surface area contributed by atoms with Gasteiger partial charge in [0.25, 0.3) is 0 Å². The lowest BCUT2D eigenvalue weighted by molar-refractivity contribution is 0.101. The highest BCUT2D eigenvalue weighted by atomic mass is 16.5. The second-order valence-corrected chi connectivity index (χ2v) is 7.15. The summed E-state index contributed by atoms with van der Waals surface area (Å²) < 4.78 is 5.79. The molecule has 0 aliphatic heterocycles. The molecule has 3 aromatic rings. The molecule has 1 fully saturated rings. The zero-order valence-electron chi connectivity index (χ0n) is 15.7. The summed E-state index contributed by atoms with van der Waals surface area (Å²) in [7, 11) is 0. The molecular formula is C21H24N4O2. The predicted octanol–water partition coefficient (Wildman–Crippen LogP) is 4.58. The molecule has 0 bridgehead atoms. The van der Waals surface area contributed by atoms with Crippen LogP contribution in [0.2, 0.25) is 0 Å². The first-order valence-corrected chi connectivity index (χ1v) is 9.53. The van der Waals surface area contributed by atoms with Crippen LogP contribution in [-0.2, 0) is 0 Å². The van der Waals surface area contributed by atoms with E-state index in [1.807, 2.05) is 12.1 Å². The maximum atomic E-state index is 11.4. The number of hydrogen-bond donors (Lipinski definition) is 1. The van der Waals surface area contributed by atoms with E-state index in [2.05, 4.69) is 21.8 Å². The smallest absolute Gasteiger partial charge is 0.301 e. The number of anilines is 1. The first kappa shape index (κ1) is 17.5. The minimum atomic E-state index is 0.0323. The van der Waals surface area contributed by atoms with Crippen LogP contribution in [0.5, 0.6) is 11.8 Å². The Hall–Kier alpha value is -2.89. The van der Waals surface area contributed by atoms with Crippen molar-refractivity contribution in [2.75, 3.05) is 18.0 Å². The fraction of sp³-hybridized carbons (Fsp3) is 0.381. The van der Waals surface area contributed by atoms with Crippen LogP contribution in [0.15, 0.2) is 36.4 Å². The van der Waals surface area contributed by atoms with Crippen LogP contribution in [0.25, 0.3) is 11.2 Å². The van der Waals surface area contributed by atoms with Gasteiger partial charge in [-0.2, -0.15) is 4.98 Å². The van der Waals surface area contributed by atoms with E-state index in [1.54, 1.807) is 31.2 Å². The van der Waals surface area contributed by atoms with Crippen molar-refractivity contribution >= 4 is 22.8 Å². The van der Waals surface area contributed by atoms with E-state index in [1.165, 1.54) is 12.8 Å². The number of fused-ring (bicyclic) bond motifs is 1. The molecule has 6 heteroatoms. The molecule has 0 unspecified atom stereocenters. The molecule has 0 radical (unpaired) electrons. The van der Waals surface area contributed by atoms with Gasteiger partial charge in [-0.1, -0.05) is 6.92 Å². The minimum Gasteiger partial charge on any atom is -0.426 e. The Morgan fingerprint density at radius 1 is 1.19 bits per heavy atom. The van der Waals surface area contributed by atoms with Crippen LogP contribution in [0.4, 0.5) is 5.82 Å². The van der Waals surface area contributed by atoms with Crippen molar-refractivity contribution in [3.8, 4) is 11.8 Å². The molecule has 2 aromatic heterocycles. The number of benzene rings is 1. The minimum absolute atomic E-state index is 0.0323. The maximum absolute atomic E-state index is 11.4. The van der Waals surface area contributed by atoms with Crippen LogP contribution < -0.4 is 9.64 Å². The number of H-pyrrole nitrogens is 1. The molecule has 0 spiro atoms. The van der Waals surface area contributed by atoms with Gasteiger partial charge in [0.2, 0.25) is 0 Å². The van der Waals surface area contributed by atoms with Crippen molar-refractivity contribution in [1.29, 1.82) is 0 Å². The van der Waals surface area contributed by atoms with Gasteiger partial charge in [-0.05, 0) is 68.5 Å². The second-order valence-electron chi connectivity index (χ2n) is 7.15. The van der Waals surface area contributed by atoms with Gasteiger partial charge in [0.15, 0.2) is 11.4 Å². The number of pyridine rings is 1. The van der Waals surface area contributed by atoms with Crippen molar-refractivity contribution in [3.63, 3.8) is 0 Å². The van der Waals surface area contributed by atoms with Crippen molar-refractivity contribution < 1.29 is 9.53 Å². The molecule has 1 N–H and O–H groups in total. The Bertz CT molecular complexity index is 944. The quantitative estimate of drug-likeness (QED) is 0.593. The first-order chi connectivity index (χ1) is 13.1. The Kier molecular flexibility index (Phi) is 4.79. The molecule has 2 heterocycles. The number of imidazole rings is 1.